The summed E-state index contributed by atoms with van der Waals surface area (Å²) in [7, 11) is 0. The van der Waals surface area contributed by atoms with Crippen LogP contribution in [0.2, 0.25) is 10.3 Å². The molecule has 0 aliphatic rings. The predicted octanol–water partition coefficient (Wildman–Crippen LogP) is 4.14. The molecule has 0 aliphatic heterocycles. The second-order valence-electron chi connectivity index (χ2n) is 3.86. The lowest BCUT2D eigenvalue weighted by molar-refractivity contribution is 0.615. The first kappa shape index (κ1) is 12.3. The van der Waals surface area contributed by atoms with Gasteiger partial charge in [0.1, 0.15) is 0 Å². The Kier molecular flexibility index (Phi) is 3.05. The zero-order valence-corrected chi connectivity index (χ0v) is 11.0. The lowest BCUT2D eigenvalue weighted by Crippen LogP contribution is -1.95. The third-order valence-corrected chi connectivity index (χ3v) is 3.12. The Morgan fingerprint density at radius 3 is 2.42 bits per heavy atom. The molecule has 2 heterocycles. The fourth-order valence-corrected chi connectivity index (χ4v) is 2.10. The van der Waals surface area contributed by atoms with Gasteiger partial charge in [-0.2, -0.15) is 0 Å². The highest BCUT2D eigenvalue weighted by atomic mass is 35.5. The van der Waals surface area contributed by atoms with Crippen molar-refractivity contribution in [1.29, 1.82) is 0 Å². The summed E-state index contributed by atoms with van der Waals surface area (Å²) in [6, 6.07) is 9.46. The number of rotatable bonds is 1. The maximum absolute atomic E-state index is 13.3. The monoisotopic (exact) mass is 293 g/mol. The smallest absolute Gasteiger partial charge is 0.197 e. The molecular weight excluding hydrogens is 288 g/mol. The van der Waals surface area contributed by atoms with Crippen LogP contribution < -0.4 is 0 Å². The first-order chi connectivity index (χ1) is 9.15. The van der Waals surface area contributed by atoms with Crippen LogP contribution in [0.4, 0.5) is 4.39 Å². The summed E-state index contributed by atoms with van der Waals surface area (Å²) in [5, 5.41) is 0.325. The molecule has 0 fully saturated rings. The van der Waals surface area contributed by atoms with Crippen LogP contribution in [0.15, 0.2) is 36.5 Å². The van der Waals surface area contributed by atoms with E-state index in [1.165, 1.54) is 0 Å². The predicted molar refractivity (Wildman–Crippen MR) is 72.7 cm³/mol. The number of benzene rings is 1. The summed E-state index contributed by atoms with van der Waals surface area (Å²) in [5.41, 5.74) is 1.48. The van der Waals surface area contributed by atoms with Crippen LogP contribution in [0, 0.1) is 5.82 Å². The normalized spacial score (nSPS) is 10.9. The first-order valence-corrected chi connectivity index (χ1v) is 6.14. The second-order valence-corrected chi connectivity index (χ2v) is 4.58. The number of hydrogen-bond donors (Lipinski definition) is 0. The van der Waals surface area contributed by atoms with E-state index in [2.05, 4.69) is 15.0 Å². The fourth-order valence-electron chi connectivity index (χ4n) is 1.72. The molecule has 0 saturated heterocycles. The van der Waals surface area contributed by atoms with Crippen molar-refractivity contribution in [2.75, 3.05) is 0 Å². The van der Waals surface area contributed by atoms with E-state index >= 15 is 0 Å². The van der Waals surface area contributed by atoms with Gasteiger partial charge >= 0.3 is 0 Å². The number of nitrogens with zero attached hydrogens (tertiary/aromatic N) is 3. The molecule has 0 radical (unpaired) electrons. The van der Waals surface area contributed by atoms with Crippen LogP contribution in [0.5, 0.6) is 0 Å². The van der Waals surface area contributed by atoms with E-state index < -0.39 is 5.82 Å². The van der Waals surface area contributed by atoms with Crippen molar-refractivity contribution in [2.24, 2.45) is 0 Å². The topological polar surface area (TPSA) is 38.7 Å². The lowest BCUT2D eigenvalue weighted by Gasteiger charge is -2.04. The molecule has 0 bridgehead atoms. The van der Waals surface area contributed by atoms with Crippen LogP contribution in [0.25, 0.3) is 22.3 Å². The molecule has 3 aromatic rings. The lowest BCUT2D eigenvalue weighted by atomic mass is 10.1. The van der Waals surface area contributed by atoms with Gasteiger partial charge in [-0.05, 0) is 12.1 Å². The molecule has 0 spiro atoms. The van der Waals surface area contributed by atoms with Crippen molar-refractivity contribution in [1.82, 2.24) is 15.0 Å². The third kappa shape index (κ3) is 2.25. The van der Waals surface area contributed by atoms with E-state index in [1.54, 1.807) is 6.20 Å². The molecule has 0 saturated carbocycles. The zero-order chi connectivity index (χ0) is 13.4. The highest BCUT2D eigenvalue weighted by molar-refractivity contribution is 6.33. The average Bonchev–Trinajstić information content (AvgIpc) is 2.43. The Balaban J connectivity index is 2.19. The largest absolute Gasteiger partial charge is 0.255 e. The Bertz CT molecular complexity index is 754. The Morgan fingerprint density at radius 1 is 1.00 bits per heavy atom. The van der Waals surface area contributed by atoms with E-state index in [0.717, 1.165) is 10.9 Å². The minimum Gasteiger partial charge on any atom is -0.255 e. The van der Waals surface area contributed by atoms with Crippen LogP contribution >= 0.6 is 23.2 Å². The van der Waals surface area contributed by atoms with Gasteiger partial charge in [0.2, 0.25) is 0 Å². The molecule has 1 aromatic carbocycles. The van der Waals surface area contributed by atoms with Gasteiger partial charge in [-0.15, -0.1) is 0 Å². The summed E-state index contributed by atoms with van der Waals surface area (Å²) in [6.07, 6.45) is 1.60. The van der Waals surface area contributed by atoms with Crippen molar-refractivity contribution in [3.05, 3.63) is 52.7 Å². The molecule has 0 unspecified atom stereocenters. The van der Waals surface area contributed by atoms with Crippen LogP contribution in [-0.2, 0) is 0 Å². The van der Waals surface area contributed by atoms with Gasteiger partial charge in [0.25, 0.3) is 0 Å². The van der Waals surface area contributed by atoms with Gasteiger partial charge in [-0.3, -0.25) is 4.98 Å². The highest BCUT2D eigenvalue weighted by Gasteiger charge is 2.12. The number of pyridine rings is 1. The van der Waals surface area contributed by atoms with Crippen molar-refractivity contribution in [3.8, 4) is 11.4 Å². The van der Waals surface area contributed by atoms with Gasteiger partial charge in [0.05, 0.1) is 5.52 Å². The van der Waals surface area contributed by atoms with Crippen molar-refractivity contribution in [3.63, 3.8) is 0 Å². The molecule has 0 amide bonds. The molecule has 6 heteroatoms. The van der Waals surface area contributed by atoms with Crippen LogP contribution in [-0.4, -0.2) is 15.0 Å². The number of para-hydroxylation sites is 1. The standard InChI is InChI=1S/C13H6Cl2FN3/c14-11-10(16)12(15)19-13(18-11)8-5-7-3-1-2-4-9(7)17-6-8/h1-6H. The summed E-state index contributed by atoms with van der Waals surface area (Å²) in [5.74, 6) is -0.574. The number of aromatic nitrogens is 3. The van der Waals surface area contributed by atoms with Gasteiger partial charge in [-0.1, -0.05) is 41.4 Å². The zero-order valence-electron chi connectivity index (χ0n) is 9.44. The Morgan fingerprint density at radius 2 is 1.68 bits per heavy atom. The molecular formula is C13H6Cl2FN3. The van der Waals surface area contributed by atoms with E-state index in [-0.39, 0.29) is 16.1 Å². The van der Waals surface area contributed by atoms with E-state index in [0.29, 0.717) is 5.56 Å². The van der Waals surface area contributed by atoms with E-state index in [1.807, 2.05) is 30.3 Å². The first-order valence-electron chi connectivity index (χ1n) is 5.39. The van der Waals surface area contributed by atoms with Gasteiger partial charge in [0.15, 0.2) is 21.9 Å². The minimum atomic E-state index is -0.819. The molecule has 0 atom stereocenters. The Hall–Kier alpha value is -1.78. The number of fused-ring (bicyclic) bond motifs is 1. The van der Waals surface area contributed by atoms with Crippen LogP contribution in [0.1, 0.15) is 0 Å². The molecule has 3 nitrogen and oxygen atoms in total. The second kappa shape index (κ2) is 4.72. The van der Waals surface area contributed by atoms with Gasteiger partial charge in [0, 0.05) is 17.1 Å². The van der Waals surface area contributed by atoms with Gasteiger partial charge in [-0.25, -0.2) is 14.4 Å². The highest BCUT2D eigenvalue weighted by Crippen LogP contribution is 2.25. The maximum Gasteiger partial charge on any atom is 0.197 e. The summed E-state index contributed by atoms with van der Waals surface area (Å²) < 4.78 is 13.3. The molecule has 94 valence electrons. The third-order valence-electron chi connectivity index (χ3n) is 2.62. The Labute approximate surface area is 118 Å². The quantitative estimate of drug-likeness (QED) is 0.633. The SMILES string of the molecule is Fc1c(Cl)nc(-c2cnc3ccccc3c2)nc1Cl. The van der Waals surface area contributed by atoms with E-state index in [9.17, 15) is 4.39 Å². The summed E-state index contributed by atoms with van der Waals surface area (Å²) >= 11 is 11.3. The average molecular weight is 294 g/mol. The molecule has 0 aliphatic carbocycles. The van der Waals surface area contributed by atoms with E-state index in [4.69, 9.17) is 23.2 Å². The minimum absolute atomic E-state index is 0.245. The van der Waals surface area contributed by atoms with Gasteiger partial charge < -0.3 is 0 Å². The van der Waals surface area contributed by atoms with Crippen molar-refractivity contribution in [2.45, 2.75) is 0 Å². The molecule has 0 N–H and O–H groups in total. The maximum atomic E-state index is 13.3. The number of halogens is 3. The fraction of sp³-hybridized carbons (Fsp3) is 0. The molecule has 19 heavy (non-hydrogen) atoms. The van der Waals surface area contributed by atoms with Crippen molar-refractivity contribution >= 4 is 34.1 Å². The van der Waals surface area contributed by atoms with Crippen molar-refractivity contribution < 1.29 is 4.39 Å². The van der Waals surface area contributed by atoms with Crippen LogP contribution in [0.3, 0.4) is 0 Å². The summed E-state index contributed by atoms with van der Waals surface area (Å²) in [6.45, 7) is 0. The number of hydrogen-bond acceptors (Lipinski definition) is 3. The molecule has 2 aromatic heterocycles. The summed E-state index contributed by atoms with van der Waals surface area (Å²) in [4.78, 5) is 12.0. The molecule has 3 rings (SSSR count).